The van der Waals surface area contributed by atoms with Gasteiger partial charge < -0.3 is 14.6 Å². The van der Waals surface area contributed by atoms with E-state index in [0.29, 0.717) is 16.9 Å². The molecule has 0 atom stereocenters. The number of hydrogen-bond acceptors (Lipinski definition) is 4. The Morgan fingerprint density at radius 3 is 2.30 bits per heavy atom. The number of esters is 1. The minimum atomic E-state index is -1.04. The molecule has 0 fully saturated rings. The molecule has 23 heavy (non-hydrogen) atoms. The van der Waals surface area contributed by atoms with Crippen LogP contribution in [0.4, 0.5) is 0 Å². The van der Waals surface area contributed by atoms with Crippen LogP contribution in [-0.2, 0) is 9.59 Å². The van der Waals surface area contributed by atoms with Gasteiger partial charge in [-0.05, 0) is 29.3 Å². The van der Waals surface area contributed by atoms with Crippen LogP contribution in [0.15, 0.2) is 48.5 Å². The Hall–Kier alpha value is -3.08. The molecule has 5 heteroatoms. The summed E-state index contributed by atoms with van der Waals surface area (Å²) in [6.45, 7) is 1.29. The minimum Gasteiger partial charge on any atom is -0.493 e. The Bertz CT molecular complexity index is 747. The Kier molecular flexibility index (Phi) is 5.15. The lowest BCUT2D eigenvalue weighted by Gasteiger charge is -2.09. The highest BCUT2D eigenvalue weighted by Crippen LogP contribution is 2.30. The second-order valence-corrected chi connectivity index (χ2v) is 4.73. The van der Waals surface area contributed by atoms with Crippen LogP contribution in [0.25, 0.3) is 11.6 Å². The molecule has 0 aliphatic heterocycles. The van der Waals surface area contributed by atoms with Crippen LogP contribution in [-0.4, -0.2) is 24.2 Å². The van der Waals surface area contributed by atoms with Gasteiger partial charge >= 0.3 is 11.9 Å². The minimum absolute atomic E-state index is 0.143. The molecule has 2 aromatic carbocycles. The molecule has 0 saturated heterocycles. The quantitative estimate of drug-likeness (QED) is 0.397. The standard InChI is InChI=1S/C18H16O5/c1-12(19)23-17-11-13(8-9-16(17)22-2)10-15(18(20)21)14-6-4-3-5-7-14/h3-11H,1-2H3,(H,20,21)/b15-10-. The average Bonchev–Trinajstić information content (AvgIpc) is 2.53. The van der Waals surface area contributed by atoms with Crippen LogP contribution < -0.4 is 9.47 Å². The SMILES string of the molecule is COc1ccc(/C=C(\C(=O)O)c2ccccc2)cc1OC(C)=O. The number of aliphatic carboxylic acids is 1. The summed E-state index contributed by atoms with van der Waals surface area (Å²) in [4.78, 5) is 22.7. The van der Waals surface area contributed by atoms with Crippen molar-refractivity contribution in [2.24, 2.45) is 0 Å². The van der Waals surface area contributed by atoms with Crippen molar-refractivity contribution in [3.63, 3.8) is 0 Å². The normalized spacial score (nSPS) is 11.0. The lowest BCUT2D eigenvalue weighted by atomic mass is 10.0. The zero-order chi connectivity index (χ0) is 16.8. The summed E-state index contributed by atoms with van der Waals surface area (Å²) < 4.78 is 10.2. The number of hydrogen-bond donors (Lipinski definition) is 1. The maximum atomic E-state index is 11.5. The van der Waals surface area contributed by atoms with Crippen molar-refractivity contribution in [3.8, 4) is 11.5 Å². The molecule has 0 spiro atoms. The van der Waals surface area contributed by atoms with Crippen LogP contribution in [0.2, 0.25) is 0 Å². The van der Waals surface area contributed by atoms with Gasteiger partial charge in [0.2, 0.25) is 0 Å². The molecule has 0 saturated carbocycles. The molecule has 0 aromatic heterocycles. The maximum Gasteiger partial charge on any atom is 0.336 e. The Morgan fingerprint density at radius 2 is 1.74 bits per heavy atom. The highest BCUT2D eigenvalue weighted by Gasteiger charge is 2.12. The van der Waals surface area contributed by atoms with Crippen molar-refractivity contribution in [1.29, 1.82) is 0 Å². The van der Waals surface area contributed by atoms with Crippen molar-refractivity contribution in [3.05, 3.63) is 59.7 Å². The molecule has 0 amide bonds. The summed E-state index contributed by atoms with van der Waals surface area (Å²) in [5, 5.41) is 9.43. The second-order valence-electron chi connectivity index (χ2n) is 4.73. The fourth-order valence-electron chi connectivity index (χ4n) is 2.07. The van der Waals surface area contributed by atoms with Crippen molar-refractivity contribution in [2.75, 3.05) is 7.11 Å². The van der Waals surface area contributed by atoms with E-state index in [1.165, 1.54) is 20.1 Å². The first-order valence-electron chi connectivity index (χ1n) is 6.88. The highest BCUT2D eigenvalue weighted by atomic mass is 16.6. The third-order valence-electron chi connectivity index (χ3n) is 3.07. The van der Waals surface area contributed by atoms with E-state index in [0.717, 1.165) is 0 Å². The van der Waals surface area contributed by atoms with Gasteiger partial charge in [0.1, 0.15) is 0 Å². The van der Waals surface area contributed by atoms with E-state index in [9.17, 15) is 14.7 Å². The molecule has 118 valence electrons. The molecular formula is C18H16O5. The summed E-state index contributed by atoms with van der Waals surface area (Å²) in [6, 6.07) is 13.7. The van der Waals surface area contributed by atoms with E-state index in [1.807, 2.05) is 6.07 Å². The summed E-state index contributed by atoms with van der Waals surface area (Å²) in [5.74, 6) is -0.882. The van der Waals surface area contributed by atoms with Gasteiger partial charge in [-0.3, -0.25) is 4.79 Å². The van der Waals surface area contributed by atoms with E-state index in [1.54, 1.807) is 42.5 Å². The molecule has 0 radical (unpaired) electrons. The predicted octanol–water partition coefficient (Wildman–Crippen LogP) is 3.25. The Labute approximate surface area is 133 Å². The molecule has 0 aliphatic carbocycles. The lowest BCUT2D eigenvalue weighted by molar-refractivity contribution is -0.132. The number of carboxylic acids is 1. The van der Waals surface area contributed by atoms with Crippen LogP contribution >= 0.6 is 0 Å². The number of carbonyl (C=O) groups is 2. The van der Waals surface area contributed by atoms with Crippen LogP contribution in [0.3, 0.4) is 0 Å². The zero-order valence-electron chi connectivity index (χ0n) is 12.8. The highest BCUT2D eigenvalue weighted by molar-refractivity contribution is 6.20. The number of methoxy groups -OCH3 is 1. The number of carboxylic acid groups (broad SMARTS) is 1. The van der Waals surface area contributed by atoms with Crippen LogP contribution in [0.1, 0.15) is 18.1 Å². The van der Waals surface area contributed by atoms with E-state index in [4.69, 9.17) is 9.47 Å². The fraction of sp³-hybridized carbons (Fsp3) is 0.111. The van der Waals surface area contributed by atoms with E-state index >= 15 is 0 Å². The number of ether oxygens (including phenoxy) is 2. The number of benzene rings is 2. The molecule has 0 aliphatic rings. The van der Waals surface area contributed by atoms with Crippen LogP contribution in [0, 0.1) is 0 Å². The molecule has 2 rings (SSSR count). The van der Waals surface area contributed by atoms with E-state index in [2.05, 4.69) is 0 Å². The Balaban J connectivity index is 2.47. The first-order valence-corrected chi connectivity index (χ1v) is 6.88. The van der Waals surface area contributed by atoms with E-state index < -0.39 is 11.9 Å². The van der Waals surface area contributed by atoms with E-state index in [-0.39, 0.29) is 11.3 Å². The smallest absolute Gasteiger partial charge is 0.336 e. The van der Waals surface area contributed by atoms with Gasteiger partial charge in [0.25, 0.3) is 0 Å². The zero-order valence-corrected chi connectivity index (χ0v) is 12.8. The fourth-order valence-corrected chi connectivity index (χ4v) is 2.07. The second kappa shape index (κ2) is 7.26. The lowest BCUT2D eigenvalue weighted by Crippen LogP contribution is -2.03. The van der Waals surface area contributed by atoms with Gasteiger partial charge in [0.15, 0.2) is 11.5 Å². The first-order chi connectivity index (χ1) is 11.0. The molecular weight excluding hydrogens is 296 g/mol. The molecule has 1 N–H and O–H groups in total. The van der Waals surface area contributed by atoms with Gasteiger partial charge in [-0.1, -0.05) is 36.4 Å². The molecule has 0 bridgehead atoms. The summed E-state index contributed by atoms with van der Waals surface area (Å²) in [6.07, 6.45) is 1.52. The van der Waals surface area contributed by atoms with Gasteiger partial charge in [-0.15, -0.1) is 0 Å². The summed E-state index contributed by atoms with van der Waals surface area (Å²) >= 11 is 0. The van der Waals surface area contributed by atoms with Crippen molar-refractivity contribution < 1.29 is 24.2 Å². The topological polar surface area (TPSA) is 72.8 Å². The largest absolute Gasteiger partial charge is 0.493 e. The molecule has 0 unspecified atom stereocenters. The van der Waals surface area contributed by atoms with Crippen molar-refractivity contribution in [1.82, 2.24) is 0 Å². The van der Waals surface area contributed by atoms with Gasteiger partial charge in [0, 0.05) is 6.92 Å². The molecule has 0 heterocycles. The molecule has 5 nitrogen and oxygen atoms in total. The Morgan fingerprint density at radius 1 is 1.04 bits per heavy atom. The number of carbonyl (C=O) groups excluding carboxylic acids is 1. The van der Waals surface area contributed by atoms with Gasteiger partial charge in [-0.25, -0.2) is 4.79 Å². The first kappa shape index (κ1) is 16.3. The van der Waals surface area contributed by atoms with Crippen molar-refractivity contribution in [2.45, 2.75) is 6.92 Å². The predicted molar refractivity (Wildman–Crippen MR) is 86.3 cm³/mol. The summed E-state index contributed by atoms with van der Waals surface area (Å²) in [7, 11) is 1.46. The third kappa shape index (κ3) is 4.20. The van der Waals surface area contributed by atoms with Gasteiger partial charge in [0.05, 0.1) is 12.7 Å². The van der Waals surface area contributed by atoms with Crippen LogP contribution in [0.5, 0.6) is 11.5 Å². The maximum absolute atomic E-state index is 11.5. The average molecular weight is 312 g/mol. The third-order valence-corrected chi connectivity index (χ3v) is 3.07. The monoisotopic (exact) mass is 312 g/mol. The number of rotatable bonds is 5. The van der Waals surface area contributed by atoms with Crippen molar-refractivity contribution >= 4 is 23.6 Å². The van der Waals surface area contributed by atoms with Gasteiger partial charge in [-0.2, -0.15) is 0 Å². The molecule has 2 aromatic rings. The summed E-state index contributed by atoms with van der Waals surface area (Å²) in [5.41, 5.74) is 1.32.